The third-order valence-corrected chi connectivity index (χ3v) is 3.37. The van der Waals surface area contributed by atoms with Crippen molar-refractivity contribution < 1.29 is 14.2 Å². The van der Waals surface area contributed by atoms with Gasteiger partial charge in [0, 0.05) is 0 Å². The predicted molar refractivity (Wildman–Crippen MR) is 81.0 cm³/mol. The summed E-state index contributed by atoms with van der Waals surface area (Å²) in [4.78, 5) is 0. The van der Waals surface area contributed by atoms with E-state index < -0.39 is 0 Å². The number of benzene rings is 2. The molecule has 2 aromatic rings. The van der Waals surface area contributed by atoms with E-state index in [0.29, 0.717) is 17.2 Å². The van der Waals surface area contributed by atoms with Gasteiger partial charge in [-0.1, -0.05) is 23.8 Å². The number of aryl methyl sites for hydroxylation is 2. The van der Waals surface area contributed by atoms with Crippen LogP contribution in [0, 0.1) is 13.8 Å². The van der Waals surface area contributed by atoms with Gasteiger partial charge in [0.25, 0.3) is 0 Å². The van der Waals surface area contributed by atoms with E-state index >= 15 is 0 Å². The monoisotopic (exact) mass is 272 g/mol. The van der Waals surface area contributed by atoms with Crippen molar-refractivity contribution in [3.63, 3.8) is 0 Å². The van der Waals surface area contributed by atoms with Crippen LogP contribution in [-0.2, 0) is 0 Å². The Morgan fingerprint density at radius 1 is 0.750 bits per heavy atom. The van der Waals surface area contributed by atoms with Crippen molar-refractivity contribution >= 4 is 0 Å². The Bertz CT molecular complexity index is 593. The second kappa shape index (κ2) is 5.87. The molecular weight excluding hydrogens is 252 g/mol. The van der Waals surface area contributed by atoms with Crippen LogP contribution < -0.4 is 14.2 Å². The maximum atomic E-state index is 5.41. The van der Waals surface area contributed by atoms with Crippen molar-refractivity contribution in [2.45, 2.75) is 13.8 Å². The molecular formula is C17H20O3. The fraction of sp³-hybridized carbons (Fsp3) is 0.294. The Hall–Kier alpha value is -2.16. The van der Waals surface area contributed by atoms with E-state index in [2.05, 4.69) is 32.0 Å². The Morgan fingerprint density at radius 3 is 1.85 bits per heavy atom. The smallest absolute Gasteiger partial charge is 0.203 e. The minimum absolute atomic E-state index is 0.615. The molecule has 0 heterocycles. The molecule has 0 radical (unpaired) electrons. The first-order valence-corrected chi connectivity index (χ1v) is 6.48. The Kier molecular flexibility index (Phi) is 4.18. The zero-order chi connectivity index (χ0) is 14.7. The highest BCUT2D eigenvalue weighted by molar-refractivity contribution is 5.73. The van der Waals surface area contributed by atoms with Crippen molar-refractivity contribution in [1.82, 2.24) is 0 Å². The first-order valence-electron chi connectivity index (χ1n) is 6.48. The van der Waals surface area contributed by atoms with Gasteiger partial charge >= 0.3 is 0 Å². The summed E-state index contributed by atoms with van der Waals surface area (Å²) >= 11 is 0. The van der Waals surface area contributed by atoms with Crippen LogP contribution in [0.5, 0.6) is 17.2 Å². The molecule has 106 valence electrons. The Morgan fingerprint density at radius 2 is 1.35 bits per heavy atom. The molecule has 20 heavy (non-hydrogen) atoms. The van der Waals surface area contributed by atoms with Crippen molar-refractivity contribution in [3.8, 4) is 28.4 Å². The molecule has 0 unspecified atom stereocenters. The minimum Gasteiger partial charge on any atom is -0.493 e. The third-order valence-electron chi connectivity index (χ3n) is 3.37. The number of ether oxygens (including phenoxy) is 3. The van der Waals surface area contributed by atoms with E-state index in [1.165, 1.54) is 16.7 Å². The van der Waals surface area contributed by atoms with Crippen LogP contribution in [0.25, 0.3) is 11.1 Å². The van der Waals surface area contributed by atoms with Gasteiger partial charge in [-0.15, -0.1) is 0 Å². The van der Waals surface area contributed by atoms with Gasteiger partial charge in [-0.25, -0.2) is 0 Å². The summed E-state index contributed by atoms with van der Waals surface area (Å²) < 4.78 is 16.2. The van der Waals surface area contributed by atoms with Crippen molar-refractivity contribution in [2.24, 2.45) is 0 Å². The van der Waals surface area contributed by atoms with E-state index in [1.807, 2.05) is 12.1 Å². The molecule has 0 spiro atoms. The highest BCUT2D eigenvalue weighted by Crippen LogP contribution is 2.41. The largest absolute Gasteiger partial charge is 0.493 e. The van der Waals surface area contributed by atoms with Gasteiger partial charge < -0.3 is 14.2 Å². The molecule has 0 fully saturated rings. The lowest BCUT2D eigenvalue weighted by molar-refractivity contribution is 0.324. The van der Waals surface area contributed by atoms with Crippen LogP contribution in [-0.4, -0.2) is 21.3 Å². The van der Waals surface area contributed by atoms with Crippen LogP contribution in [0.2, 0.25) is 0 Å². The molecule has 0 saturated heterocycles. The predicted octanol–water partition coefficient (Wildman–Crippen LogP) is 4.00. The quantitative estimate of drug-likeness (QED) is 0.842. The summed E-state index contributed by atoms with van der Waals surface area (Å²) in [5.74, 6) is 1.95. The van der Waals surface area contributed by atoms with E-state index in [-0.39, 0.29) is 0 Å². The van der Waals surface area contributed by atoms with Crippen LogP contribution in [0.15, 0.2) is 30.3 Å². The molecule has 2 rings (SSSR count). The van der Waals surface area contributed by atoms with E-state index in [1.54, 1.807) is 21.3 Å². The van der Waals surface area contributed by atoms with Gasteiger partial charge in [0.05, 0.1) is 21.3 Å². The van der Waals surface area contributed by atoms with Gasteiger partial charge in [0.15, 0.2) is 11.5 Å². The third kappa shape index (κ3) is 2.57. The van der Waals surface area contributed by atoms with Gasteiger partial charge in [-0.3, -0.25) is 0 Å². The average Bonchev–Trinajstić information content (AvgIpc) is 2.48. The molecule has 0 N–H and O–H groups in total. The fourth-order valence-corrected chi connectivity index (χ4v) is 2.28. The molecule has 0 aliphatic rings. The minimum atomic E-state index is 0.615. The second-order valence-corrected chi connectivity index (χ2v) is 4.73. The van der Waals surface area contributed by atoms with Gasteiger partial charge in [0.2, 0.25) is 5.75 Å². The molecule has 0 bridgehead atoms. The van der Waals surface area contributed by atoms with Crippen molar-refractivity contribution in [1.29, 1.82) is 0 Å². The molecule has 3 heteroatoms. The lowest BCUT2D eigenvalue weighted by Crippen LogP contribution is -1.96. The van der Waals surface area contributed by atoms with Crippen LogP contribution >= 0.6 is 0 Å². The summed E-state index contributed by atoms with van der Waals surface area (Å²) in [7, 11) is 4.87. The van der Waals surface area contributed by atoms with E-state index in [9.17, 15) is 0 Å². The lowest BCUT2D eigenvalue weighted by Gasteiger charge is -2.15. The van der Waals surface area contributed by atoms with Crippen LogP contribution in [0.1, 0.15) is 11.1 Å². The zero-order valence-corrected chi connectivity index (χ0v) is 12.6. The van der Waals surface area contributed by atoms with E-state index in [0.717, 1.165) is 5.56 Å². The summed E-state index contributed by atoms with van der Waals surface area (Å²) in [6.07, 6.45) is 0. The Labute approximate surface area is 120 Å². The van der Waals surface area contributed by atoms with Gasteiger partial charge in [-0.05, 0) is 42.7 Å². The maximum absolute atomic E-state index is 5.41. The molecule has 0 aliphatic carbocycles. The standard InChI is InChI=1S/C17H20O3/c1-11-6-7-12(2)14(8-11)13-9-15(18-3)17(20-5)16(10-13)19-4/h6-10H,1-5H3. The van der Waals surface area contributed by atoms with Crippen molar-refractivity contribution in [2.75, 3.05) is 21.3 Å². The summed E-state index contributed by atoms with van der Waals surface area (Å²) in [5, 5.41) is 0. The molecule has 2 aromatic carbocycles. The summed E-state index contributed by atoms with van der Waals surface area (Å²) in [5.41, 5.74) is 4.66. The van der Waals surface area contributed by atoms with Crippen LogP contribution in [0.4, 0.5) is 0 Å². The normalized spacial score (nSPS) is 10.2. The zero-order valence-electron chi connectivity index (χ0n) is 12.6. The molecule has 0 atom stereocenters. The first-order chi connectivity index (χ1) is 9.60. The molecule has 3 nitrogen and oxygen atoms in total. The highest BCUT2D eigenvalue weighted by atomic mass is 16.5. The molecule has 0 amide bonds. The fourth-order valence-electron chi connectivity index (χ4n) is 2.28. The van der Waals surface area contributed by atoms with Gasteiger partial charge in [0.1, 0.15) is 0 Å². The number of rotatable bonds is 4. The highest BCUT2D eigenvalue weighted by Gasteiger charge is 2.14. The SMILES string of the molecule is COc1cc(-c2cc(C)ccc2C)cc(OC)c1OC. The average molecular weight is 272 g/mol. The van der Waals surface area contributed by atoms with E-state index in [4.69, 9.17) is 14.2 Å². The maximum Gasteiger partial charge on any atom is 0.203 e. The molecule has 0 aromatic heterocycles. The topological polar surface area (TPSA) is 27.7 Å². The van der Waals surface area contributed by atoms with Crippen LogP contribution in [0.3, 0.4) is 0 Å². The second-order valence-electron chi connectivity index (χ2n) is 4.73. The van der Waals surface area contributed by atoms with Crippen molar-refractivity contribution in [3.05, 3.63) is 41.5 Å². The summed E-state index contributed by atoms with van der Waals surface area (Å²) in [6, 6.07) is 10.3. The first kappa shape index (κ1) is 14.3. The lowest BCUT2D eigenvalue weighted by atomic mass is 9.98. The number of methoxy groups -OCH3 is 3. The molecule has 0 aliphatic heterocycles. The van der Waals surface area contributed by atoms with Gasteiger partial charge in [-0.2, -0.15) is 0 Å². The Balaban J connectivity index is 2.65. The number of hydrogen-bond donors (Lipinski definition) is 0. The number of hydrogen-bond acceptors (Lipinski definition) is 3. The molecule has 0 saturated carbocycles. The summed E-state index contributed by atoms with van der Waals surface area (Å²) in [6.45, 7) is 4.18.